The fourth-order valence-electron chi connectivity index (χ4n) is 1.89. The van der Waals surface area contributed by atoms with Crippen molar-refractivity contribution >= 4 is 34.0 Å². The number of benzene rings is 1. The number of nitrogens with zero attached hydrogens (tertiary/aromatic N) is 2. The van der Waals surface area contributed by atoms with Gasteiger partial charge in [-0.25, -0.2) is 9.78 Å². The van der Waals surface area contributed by atoms with Crippen LogP contribution in [0.1, 0.15) is 33.9 Å². The molecule has 1 heterocycles. The predicted octanol–water partition coefficient (Wildman–Crippen LogP) is 4.00. The highest BCUT2D eigenvalue weighted by Crippen LogP contribution is 2.31. The van der Waals surface area contributed by atoms with Gasteiger partial charge in [-0.3, -0.25) is 0 Å². The van der Waals surface area contributed by atoms with E-state index in [4.69, 9.17) is 16.7 Å². The molecule has 1 unspecified atom stereocenters. The Morgan fingerprint density at radius 1 is 1.50 bits per heavy atom. The Morgan fingerprint density at radius 3 is 2.75 bits per heavy atom. The van der Waals surface area contributed by atoms with Gasteiger partial charge in [-0.1, -0.05) is 23.7 Å². The number of anilines is 1. The maximum Gasteiger partial charge on any atom is 0.355 e. The van der Waals surface area contributed by atoms with E-state index >= 15 is 0 Å². The molecule has 1 aromatic heterocycles. The van der Waals surface area contributed by atoms with Crippen molar-refractivity contribution in [3.8, 4) is 0 Å². The van der Waals surface area contributed by atoms with Gasteiger partial charge in [0.05, 0.1) is 6.04 Å². The highest BCUT2D eigenvalue weighted by molar-refractivity contribution is 7.15. The first-order chi connectivity index (χ1) is 9.40. The van der Waals surface area contributed by atoms with E-state index in [1.807, 2.05) is 43.1 Å². The van der Waals surface area contributed by atoms with Crippen molar-refractivity contribution in [1.82, 2.24) is 4.98 Å². The lowest BCUT2D eigenvalue weighted by molar-refractivity contribution is 0.0690. The molecule has 0 bridgehead atoms. The van der Waals surface area contributed by atoms with Gasteiger partial charge in [0.15, 0.2) is 10.8 Å². The van der Waals surface area contributed by atoms with Crippen LogP contribution in [0.25, 0.3) is 0 Å². The molecule has 1 N–H and O–H groups in total. The van der Waals surface area contributed by atoms with Crippen molar-refractivity contribution in [3.63, 3.8) is 0 Å². The summed E-state index contributed by atoms with van der Waals surface area (Å²) >= 11 is 7.38. The van der Waals surface area contributed by atoms with Crippen LogP contribution in [0, 0.1) is 6.92 Å². The third-order valence-electron chi connectivity index (χ3n) is 3.20. The molecule has 4 nitrogen and oxygen atoms in total. The summed E-state index contributed by atoms with van der Waals surface area (Å²) in [5.41, 5.74) is 1.18. The van der Waals surface area contributed by atoms with E-state index in [1.54, 1.807) is 6.92 Å². The Bertz CT molecular complexity index is 642. The van der Waals surface area contributed by atoms with Crippen LogP contribution in [0.5, 0.6) is 0 Å². The Labute approximate surface area is 126 Å². The van der Waals surface area contributed by atoms with E-state index in [9.17, 15) is 4.79 Å². The lowest BCUT2D eigenvalue weighted by Gasteiger charge is -2.24. The number of aromatic carboxylic acids is 1. The Kier molecular flexibility index (Phi) is 4.30. The minimum Gasteiger partial charge on any atom is -0.476 e. The average molecular weight is 311 g/mol. The van der Waals surface area contributed by atoms with E-state index in [0.717, 1.165) is 5.56 Å². The summed E-state index contributed by atoms with van der Waals surface area (Å²) < 4.78 is 0. The standard InChI is InChI=1S/C14H15ClN2O2S/c1-8(10-5-4-6-11(15)7-10)17(3)14-16-12(13(18)19)9(2)20-14/h4-8H,1-3H3,(H,18,19). The van der Waals surface area contributed by atoms with Crippen LogP contribution >= 0.6 is 22.9 Å². The normalized spacial score (nSPS) is 12.2. The van der Waals surface area contributed by atoms with E-state index in [1.165, 1.54) is 11.3 Å². The number of carboxylic acids is 1. The zero-order chi connectivity index (χ0) is 14.9. The van der Waals surface area contributed by atoms with Crippen molar-refractivity contribution < 1.29 is 9.90 Å². The van der Waals surface area contributed by atoms with Crippen molar-refractivity contribution in [1.29, 1.82) is 0 Å². The first-order valence-electron chi connectivity index (χ1n) is 6.09. The molecule has 0 fully saturated rings. The number of hydrogen-bond acceptors (Lipinski definition) is 4. The highest BCUT2D eigenvalue weighted by Gasteiger charge is 2.20. The van der Waals surface area contributed by atoms with Gasteiger partial charge in [-0.2, -0.15) is 0 Å². The second-order valence-corrected chi connectivity index (χ2v) is 6.17. The number of halogens is 1. The number of thiazole rings is 1. The van der Waals surface area contributed by atoms with Crippen molar-refractivity contribution in [2.24, 2.45) is 0 Å². The molecule has 20 heavy (non-hydrogen) atoms. The van der Waals surface area contributed by atoms with E-state index in [0.29, 0.717) is 15.0 Å². The van der Waals surface area contributed by atoms with Gasteiger partial charge in [0.2, 0.25) is 0 Å². The Balaban J connectivity index is 2.29. The third-order valence-corrected chi connectivity index (χ3v) is 4.50. The number of hydrogen-bond donors (Lipinski definition) is 1. The monoisotopic (exact) mass is 310 g/mol. The lowest BCUT2D eigenvalue weighted by atomic mass is 10.1. The number of rotatable bonds is 4. The van der Waals surface area contributed by atoms with Crippen molar-refractivity contribution in [2.45, 2.75) is 19.9 Å². The SMILES string of the molecule is Cc1sc(N(C)C(C)c2cccc(Cl)c2)nc1C(=O)O. The second-order valence-electron chi connectivity index (χ2n) is 4.55. The molecule has 2 aromatic rings. The maximum absolute atomic E-state index is 11.1. The Morgan fingerprint density at radius 2 is 2.20 bits per heavy atom. The van der Waals surface area contributed by atoms with Crippen molar-refractivity contribution in [3.05, 3.63) is 45.4 Å². The molecule has 0 saturated carbocycles. The van der Waals surface area contributed by atoms with E-state index < -0.39 is 5.97 Å². The van der Waals surface area contributed by atoms with Crippen LogP contribution in [-0.2, 0) is 0 Å². The zero-order valence-electron chi connectivity index (χ0n) is 11.4. The van der Waals surface area contributed by atoms with Crippen LogP contribution in [0.4, 0.5) is 5.13 Å². The number of aromatic nitrogens is 1. The molecular formula is C14H15ClN2O2S. The summed E-state index contributed by atoms with van der Waals surface area (Å²) in [6.45, 7) is 3.80. The van der Waals surface area contributed by atoms with E-state index in [2.05, 4.69) is 4.98 Å². The van der Waals surface area contributed by atoms with Crippen LogP contribution in [-0.4, -0.2) is 23.1 Å². The summed E-state index contributed by atoms with van der Waals surface area (Å²) in [5.74, 6) is -0.992. The molecule has 1 atom stereocenters. The maximum atomic E-state index is 11.1. The highest BCUT2D eigenvalue weighted by atomic mass is 35.5. The second kappa shape index (κ2) is 5.81. The largest absolute Gasteiger partial charge is 0.476 e. The minimum atomic E-state index is -0.992. The summed E-state index contributed by atoms with van der Waals surface area (Å²) in [5, 5.41) is 10.4. The molecule has 106 valence electrons. The average Bonchev–Trinajstić information content (AvgIpc) is 2.79. The van der Waals surface area contributed by atoms with Gasteiger partial charge in [-0.05, 0) is 31.5 Å². The zero-order valence-corrected chi connectivity index (χ0v) is 13.0. The van der Waals surface area contributed by atoms with Crippen LogP contribution in [0.3, 0.4) is 0 Å². The molecule has 0 aliphatic rings. The molecular weight excluding hydrogens is 296 g/mol. The molecule has 0 radical (unpaired) electrons. The van der Waals surface area contributed by atoms with Crippen LogP contribution in [0.2, 0.25) is 5.02 Å². The smallest absolute Gasteiger partial charge is 0.355 e. The molecule has 6 heteroatoms. The molecule has 1 aromatic carbocycles. The van der Waals surface area contributed by atoms with Gasteiger partial charge in [0.1, 0.15) is 0 Å². The molecule has 0 aliphatic heterocycles. The summed E-state index contributed by atoms with van der Waals surface area (Å²) in [7, 11) is 1.90. The summed E-state index contributed by atoms with van der Waals surface area (Å²) in [6.07, 6.45) is 0. The first kappa shape index (κ1) is 14.8. The third kappa shape index (κ3) is 2.94. The Hall–Kier alpha value is -1.59. The van der Waals surface area contributed by atoms with Crippen LogP contribution in [0.15, 0.2) is 24.3 Å². The van der Waals surface area contributed by atoms with Gasteiger partial charge in [-0.15, -0.1) is 11.3 Å². The molecule has 0 spiro atoms. The van der Waals surface area contributed by atoms with Gasteiger partial charge < -0.3 is 10.0 Å². The minimum absolute atomic E-state index is 0.0564. The molecule has 2 rings (SSSR count). The lowest BCUT2D eigenvalue weighted by Crippen LogP contribution is -2.21. The molecule has 0 saturated heterocycles. The van der Waals surface area contributed by atoms with E-state index in [-0.39, 0.29) is 11.7 Å². The predicted molar refractivity (Wildman–Crippen MR) is 82.1 cm³/mol. The summed E-state index contributed by atoms with van der Waals surface area (Å²) in [4.78, 5) is 17.9. The topological polar surface area (TPSA) is 53.4 Å². The fourth-order valence-corrected chi connectivity index (χ4v) is 3.03. The van der Waals surface area contributed by atoms with Gasteiger partial charge in [0, 0.05) is 16.9 Å². The van der Waals surface area contributed by atoms with Crippen LogP contribution < -0.4 is 4.90 Å². The quantitative estimate of drug-likeness (QED) is 0.927. The first-order valence-corrected chi connectivity index (χ1v) is 7.28. The van der Waals surface area contributed by atoms with Gasteiger partial charge >= 0.3 is 5.97 Å². The molecule has 0 aliphatic carbocycles. The molecule has 0 amide bonds. The van der Waals surface area contributed by atoms with Gasteiger partial charge in [0.25, 0.3) is 0 Å². The number of carbonyl (C=O) groups is 1. The fraction of sp³-hybridized carbons (Fsp3) is 0.286. The number of carboxylic acid groups (broad SMARTS) is 1. The number of aryl methyl sites for hydroxylation is 1. The van der Waals surface area contributed by atoms with Crippen molar-refractivity contribution in [2.75, 3.05) is 11.9 Å². The summed E-state index contributed by atoms with van der Waals surface area (Å²) in [6, 6.07) is 7.68.